The van der Waals surface area contributed by atoms with Gasteiger partial charge in [0, 0.05) is 29.1 Å². The summed E-state index contributed by atoms with van der Waals surface area (Å²) in [5.74, 6) is 0.526. The van der Waals surface area contributed by atoms with Crippen LogP contribution in [0.15, 0.2) is 24.3 Å². The van der Waals surface area contributed by atoms with Crippen molar-refractivity contribution < 1.29 is 4.79 Å². The number of fused-ring (bicyclic) bond motifs is 1. The standard InChI is InChI=1S/C19H25N3O.ClH/c1-13-14(15-4-2-3-5-17(15)22-13)6-9-21-18(23)16-12-19(16)7-10-20-11-8-19;/h2-5,16,20,22H,6-12H2,1H3,(H,21,23);1H. The summed E-state index contributed by atoms with van der Waals surface area (Å²) in [5, 5.41) is 7.84. The highest BCUT2D eigenvalue weighted by molar-refractivity contribution is 5.85. The minimum absolute atomic E-state index is 0. The van der Waals surface area contributed by atoms with Gasteiger partial charge in [0.05, 0.1) is 0 Å². The van der Waals surface area contributed by atoms with Gasteiger partial charge in [0.2, 0.25) is 5.91 Å². The number of nitrogens with one attached hydrogen (secondary N) is 3. The van der Waals surface area contributed by atoms with Gasteiger partial charge in [0.15, 0.2) is 0 Å². The van der Waals surface area contributed by atoms with E-state index in [1.165, 1.54) is 22.2 Å². The van der Waals surface area contributed by atoms with E-state index >= 15 is 0 Å². The second-order valence-electron chi connectivity index (χ2n) is 7.18. The molecule has 5 heteroatoms. The number of hydrogen-bond donors (Lipinski definition) is 3. The maximum atomic E-state index is 12.4. The minimum Gasteiger partial charge on any atom is -0.358 e. The van der Waals surface area contributed by atoms with Crippen LogP contribution in [0.4, 0.5) is 0 Å². The maximum absolute atomic E-state index is 12.4. The molecule has 1 spiro atoms. The number of halogens is 1. The fourth-order valence-electron chi connectivity index (χ4n) is 4.29. The number of carbonyl (C=O) groups is 1. The van der Waals surface area contributed by atoms with Crippen LogP contribution in [-0.2, 0) is 11.2 Å². The Morgan fingerprint density at radius 2 is 2.04 bits per heavy atom. The van der Waals surface area contributed by atoms with Crippen molar-refractivity contribution in [2.75, 3.05) is 19.6 Å². The molecule has 1 atom stereocenters. The number of rotatable bonds is 4. The van der Waals surface area contributed by atoms with Crippen molar-refractivity contribution in [3.63, 3.8) is 0 Å². The number of aromatic amines is 1. The largest absolute Gasteiger partial charge is 0.358 e. The van der Waals surface area contributed by atoms with E-state index in [0.29, 0.717) is 5.41 Å². The van der Waals surface area contributed by atoms with Crippen LogP contribution in [-0.4, -0.2) is 30.5 Å². The zero-order chi connectivity index (χ0) is 15.9. The Labute approximate surface area is 149 Å². The fraction of sp³-hybridized carbons (Fsp3) is 0.526. The normalized spacial score (nSPS) is 21.5. The summed E-state index contributed by atoms with van der Waals surface area (Å²) in [7, 11) is 0. The number of aromatic nitrogens is 1. The van der Waals surface area contributed by atoms with Crippen molar-refractivity contribution >= 4 is 29.2 Å². The molecule has 1 saturated carbocycles. The highest BCUT2D eigenvalue weighted by Crippen LogP contribution is 2.58. The topological polar surface area (TPSA) is 56.9 Å². The van der Waals surface area contributed by atoms with Crippen molar-refractivity contribution in [1.29, 1.82) is 0 Å². The average molecular weight is 348 g/mol. The Hall–Kier alpha value is -1.52. The van der Waals surface area contributed by atoms with Crippen molar-refractivity contribution in [1.82, 2.24) is 15.6 Å². The zero-order valence-electron chi connectivity index (χ0n) is 14.2. The summed E-state index contributed by atoms with van der Waals surface area (Å²) >= 11 is 0. The third-order valence-corrected chi connectivity index (χ3v) is 5.81. The van der Waals surface area contributed by atoms with Crippen molar-refractivity contribution in [2.24, 2.45) is 11.3 Å². The van der Waals surface area contributed by atoms with Crippen LogP contribution in [0.1, 0.15) is 30.5 Å². The summed E-state index contributed by atoms with van der Waals surface area (Å²) in [6.07, 6.45) is 4.30. The first kappa shape index (κ1) is 17.3. The first-order chi connectivity index (χ1) is 11.2. The van der Waals surface area contributed by atoms with E-state index < -0.39 is 0 Å². The SMILES string of the molecule is Cc1[nH]c2ccccc2c1CCNC(=O)C1CC12CCNCC2.Cl. The van der Waals surface area contributed by atoms with Crippen LogP contribution < -0.4 is 10.6 Å². The monoisotopic (exact) mass is 347 g/mol. The lowest BCUT2D eigenvalue weighted by atomic mass is 9.92. The lowest BCUT2D eigenvalue weighted by molar-refractivity contribution is -0.123. The number of carbonyl (C=O) groups excluding carboxylic acids is 1. The van der Waals surface area contributed by atoms with E-state index in [1.54, 1.807) is 0 Å². The van der Waals surface area contributed by atoms with Gasteiger partial charge in [0.1, 0.15) is 0 Å². The van der Waals surface area contributed by atoms with Crippen LogP contribution in [0, 0.1) is 18.3 Å². The molecule has 2 aliphatic rings. The van der Waals surface area contributed by atoms with Gasteiger partial charge in [-0.1, -0.05) is 18.2 Å². The van der Waals surface area contributed by atoms with E-state index in [0.717, 1.165) is 45.3 Å². The van der Waals surface area contributed by atoms with E-state index in [-0.39, 0.29) is 24.2 Å². The molecule has 1 aliphatic heterocycles. The molecule has 2 fully saturated rings. The Kier molecular flexibility index (Phi) is 4.88. The average Bonchev–Trinajstić information content (AvgIpc) is 3.15. The van der Waals surface area contributed by atoms with E-state index in [1.807, 2.05) is 0 Å². The van der Waals surface area contributed by atoms with Gasteiger partial charge in [0.25, 0.3) is 0 Å². The van der Waals surface area contributed by atoms with Crippen molar-refractivity contribution in [2.45, 2.75) is 32.6 Å². The molecule has 1 saturated heterocycles. The van der Waals surface area contributed by atoms with E-state index in [2.05, 4.69) is 46.8 Å². The van der Waals surface area contributed by atoms with Gasteiger partial charge in [-0.15, -0.1) is 12.4 Å². The second-order valence-corrected chi connectivity index (χ2v) is 7.18. The van der Waals surface area contributed by atoms with Crippen LogP contribution >= 0.6 is 12.4 Å². The molecule has 130 valence electrons. The molecule has 1 aromatic heterocycles. The molecule has 2 heterocycles. The summed E-state index contributed by atoms with van der Waals surface area (Å²) in [6.45, 7) is 4.98. The van der Waals surface area contributed by atoms with Crippen LogP contribution in [0.3, 0.4) is 0 Å². The Balaban J connectivity index is 0.00000169. The van der Waals surface area contributed by atoms with Gasteiger partial charge in [-0.05, 0) is 62.7 Å². The number of piperidine rings is 1. The molecule has 4 rings (SSSR count). The molecule has 1 amide bonds. The van der Waals surface area contributed by atoms with Gasteiger partial charge >= 0.3 is 0 Å². The highest BCUT2D eigenvalue weighted by atomic mass is 35.5. The van der Waals surface area contributed by atoms with Crippen LogP contribution in [0.5, 0.6) is 0 Å². The number of hydrogen-bond acceptors (Lipinski definition) is 2. The molecule has 1 aromatic carbocycles. The minimum atomic E-state index is 0. The van der Waals surface area contributed by atoms with Crippen molar-refractivity contribution in [3.05, 3.63) is 35.5 Å². The molecule has 3 N–H and O–H groups in total. The predicted octanol–water partition coefficient (Wildman–Crippen LogP) is 2.95. The number of aryl methyl sites for hydroxylation is 1. The van der Waals surface area contributed by atoms with Gasteiger partial charge in [-0.25, -0.2) is 0 Å². The molecule has 0 bridgehead atoms. The quantitative estimate of drug-likeness (QED) is 0.796. The molecular weight excluding hydrogens is 322 g/mol. The number of para-hydroxylation sites is 1. The lowest BCUT2D eigenvalue weighted by Gasteiger charge is -2.23. The van der Waals surface area contributed by atoms with Gasteiger partial charge < -0.3 is 15.6 Å². The van der Waals surface area contributed by atoms with Crippen LogP contribution in [0.2, 0.25) is 0 Å². The van der Waals surface area contributed by atoms with Crippen LogP contribution in [0.25, 0.3) is 10.9 Å². The molecule has 4 nitrogen and oxygen atoms in total. The van der Waals surface area contributed by atoms with E-state index in [4.69, 9.17) is 0 Å². The molecular formula is C19H26ClN3O. The smallest absolute Gasteiger partial charge is 0.223 e. The second kappa shape index (κ2) is 6.77. The Bertz CT molecular complexity index is 733. The highest BCUT2D eigenvalue weighted by Gasteiger charge is 2.57. The molecule has 1 aliphatic carbocycles. The fourth-order valence-corrected chi connectivity index (χ4v) is 4.29. The molecule has 0 radical (unpaired) electrons. The third kappa shape index (κ3) is 3.05. The lowest BCUT2D eigenvalue weighted by Crippen LogP contribution is -2.34. The van der Waals surface area contributed by atoms with Crippen molar-refractivity contribution in [3.8, 4) is 0 Å². The third-order valence-electron chi connectivity index (χ3n) is 5.81. The number of benzene rings is 1. The molecule has 2 aromatic rings. The predicted molar refractivity (Wildman–Crippen MR) is 99.6 cm³/mol. The summed E-state index contributed by atoms with van der Waals surface area (Å²) in [4.78, 5) is 15.8. The Morgan fingerprint density at radius 3 is 2.83 bits per heavy atom. The number of H-pyrrole nitrogens is 1. The maximum Gasteiger partial charge on any atom is 0.223 e. The first-order valence-corrected chi connectivity index (χ1v) is 8.74. The Morgan fingerprint density at radius 1 is 1.29 bits per heavy atom. The summed E-state index contributed by atoms with van der Waals surface area (Å²) in [6, 6.07) is 8.38. The van der Waals surface area contributed by atoms with E-state index in [9.17, 15) is 4.79 Å². The van der Waals surface area contributed by atoms with Gasteiger partial charge in [-0.3, -0.25) is 4.79 Å². The molecule has 1 unspecified atom stereocenters. The zero-order valence-corrected chi connectivity index (χ0v) is 15.0. The number of amides is 1. The first-order valence-electron chi connectivity index (χ1n) is 8.74. The summed E-state index contributed by atoms with van der Waals surface area (Å²) < 4.78 is 0. The summed E-state index contributed by atoms with van der Waals surface area (Å²) in [5.41, 5.74) is 4.05. The molecule has 24 heavy (non-hydrogen) atoms. The van der Waals surface area contributed by atoms with Gasteiger partial charge in [-0.2, -0.15) is 0 Å².